The monoisotopic (exact) mass is 645 g/mol. The Morgan fingerprint density at radius 2 is 1.55 bits per heavy atom. The van der Waals surface area contributed by atoms with Crippen LogP contribution in [0.2, 0.25) is 0 Å². The van der Waals surface area contributed by atoms with Gasteiger partial charge in [-0.3, -0.25) is 19.2 Å². The Kier molecular flexibility index (Phi) is 11.7. The number of hydrogen-bond donors (Lipinski definition) is 7. The Morgan fingerprint density at radius 1 is 0.932 bits per heavy atom. The molecule has 0 aliphatic carbocycles. The first kappa shape index (κ1) is 34.7. The standard InChI is InChI=1S/C30H39N5O7S2/c1-29(2)23(34-25(38)20(31)14-18-10-12-19(36)13-11-18)27(40)32-16-22(37)33-21(15-17-8-6-5-7-9-17)26(39)35-24(28(41)42)30(3,4)44-43-29/h5-13,20-21,23-24,36H,14-16,31H2,1-4H3,(H,32,40)(H,33,37)(H,34,38)(H,35,39)(H,41,42)/t20-,21+,23-,24+/m1/s1. The average molecular weight is 646 g/mol. The molecule has 4 amide bonds. The van der Waals surface area contributed by atoms with Gasteiger partial charge < -0.3 is 37.2 Å². The van der Waals surface area contributed by atoms with E-state index in [9.17, 15) is 34.2 Å². The Balaban J connectivity index is 1.88. The quantitative estimate of drug-likeness (QED) is 0.214. The minimum atomic E-state index is -1.36. The zero-order chi connectivity index (χ0) is 32.7. The number of carbonyl (C=O) groups excluding carboxylic acids is 4. The van der Waals surface area contributed by atoms with Gasteiger partial charge in [0.2, 0.25) is 23.6 Å². The number of amides is 4. The van der Waals surface area contributed by atoms with Gasteiger partial charge >= 0.3 is 5.97 Å². The van der Waals surface area contributed by atoms with Crippen LogP contribution in [0.4, 0.5) is 0 Å². The number of carboxylic acid groups (broad SMARTS) is 1. The number of aliphatic carboxylic acids is 1. The van der Waals surface area contributed by atoms with Crippen molar-refractivity contribution in [2.75, 3.05) is 6.54 Å². The SMILES string of the molecule is CC1(C)SSC(C)(C)[C@H](C(=O)O)NC(=O)[C@H](Cc2ccccc2)NC(=O)CNC(=O)[C@H]1NC(=O)[C@H](N)Cc1ccc(O)cc1. The average Bonchev–Trinajstić information content (AvgIpc) is 2.96. The lowest BCUT2D eigenvalue weighted by Gasteiger charge is -2.38. The summed E-state index contributed by atoms with van der Waals surface area (Å²) in [6.45, 7) is 6.21. The number of nitrogens with two attached hydrogens (primary N) is 1. The minimum Gasteiger partial charge on any atom is -0.508 e. The molecule has 0 spiro atoms. The largest absolute Gasteiger partial charge is 0.508 e. The molecule has 0 aromatic heterocycles. The summed E-state index contributed by atoms with van der Waals surface area (Å²) in [5.41, 5.74) is 7.61. The molecule has 238 valence electrons. The van der Waals surface area contributed by atoms with Crippen LogP contribution in [0.1, 0.15) is 38.8 Å². The fourth-order valence-electron chi connectivity index (χ4n) is 4.44. The summed E-state index contributed by atoms with van der Waals surface area (Å²) in [5, 5.41) is 30.1. The zero-order valence-corrected chi connectivity index (χ0v) is 26.6. The lowest BCUT2D eigenvalue weighted by molar-refractivity contribution is -0.143. The highest BCUT2D eigenvalue weighted by Gasteiger charge is 2.44. The predicted molar refractivity (Wildman–Crippen MR) is 170 cm³/mol. The summed E-state index contributed by atoms with van der Waals surface area (Å²) in [5.74, 6) is -3.82. The van der Waals surface area contributed by atoms with Crippen molar-refractivity contribution in [1.29, 1.82) is 0 Å². The van der Waals surface area contributed by atoms with Crippen LogP contribution < -0.4 is 27.0 Å². The van der Waals surface area contributed by atoms with Crippen molar-refractivity contribution in [2.24, 2.45) is 5.73 Å². The number of benzene rings is 2. The topological polar surface area (TPSA) is 200 Å². The molecule has 1 saturated heterocycles. The maximum absolute atomic E-state index is 13.5. The normalized spacial score (nSPS) is 23.2. The first-order valence-corrected chi connectivity index (χ1v) is 16.1. The van der Waals surface area contributed by atoms with Crippen molar-refractivity contribution in [3.8, 4) is 5.75 Å². The van der Waals surface area contributed by atoms with E-state index >= 15 is 0 Å². The molecule has 4 atom stereocenters. The van der Waals surface area contributed by atoms with Crippen LogP contribution in [0, 0.1) is 0 Å². The van der Waals surface area contributed by atoms with Crippen molar-refractivity contribution in [3.05, 3.63) is 65.7 Å². The number of carboxylic acids is 1. The maximum atomic E-state index is 13.5. The molecule has 1 fully saturated rings. The number of phenolic OH excluding ortho intramolecular Hbond substituents is 1. The lowest BCUT2D eigenvalue weighted by Crippen LogP contribution is -2.61. The van der Waals surface area contributed by atoms with Crippen molar-refractivity contribution in [3.63, 3.8) is 0 Å². The van der Waals surface area contributed by atoms with E-state index in [1.54, 1.807) is 70.2 Å². The van der Waals surface area contributed by atoms with Gasteiger partial charge in [0.05, 0.1) is 17.3 Å². The van der Waals surface area contributed by atoms with Crippen LogP contribution in [-0.4, -0.2) is 80.0 Å². The highest BCUT2D eigenvalue weighted by Crippen LogP contribution is 2.46. The second kappa shape index (κ2) is 14.8. The van der Waals surface area contributed by atoms with Crippen LogP contribution >= 0.6 is 21.6 Å². The fourth-order valence-corrected chi connectivity index (χ4v) is 7.26. The third-order valence-electron chi connectivity index (χ3n) is 7.03. The predicted octanol–water partition coefficient (Wildman–Crippen LogP) is 1.11. The van der Waals surface area contributed by atoms with E-state index in [-0.39, 0.29) is 18.6 Å². The number of nitrogens with one attached hydrogen (secondary N) is 4. The Morgan fingerprint density at radius 3 is 2.16 bits per heavy atom. The second-order valence-corrected chi connectivity index (χ2v) is 15.0. The second-order valence-electron chi connectivity index (χ2n) is 11.6. The van der Waals surface area contributed by atoms with Crippen LogP contribution in [-0.2, 0) is 36.8 Å². The third-order valence-corrected chi connectivity index (χ3v) is 11.3. The molecule has 12 nitrogen and oxygen atoms in total. The van der Waals surface area contributed by atoms with E-state index in [1.807, 2.05) is 0 Å². The molecule has 0 unspecified atom stereocenters. The maximum Gasteiger partial charge on any atom is 0.327 e. The molecule has 8 N–H and O–H groups in total. The highest BCUT2D eigenvalue weighted by atomic mass is 33.1. The summed E-state index contributed by atoms with van der Waals surface area (Å²) >= 11 is 0. The molecule has 1 aliphatic heterocycles. The van der Waals surface area contributed by atoms with Crippen molar-refractivity contribution >= 4 is 51.2 Å². The number of hydrogen-bond acceptors (Lipinski definition) is 9. The Labute approximate surface area is 264 Å². The van der Waals surface area contributed by atoms with Crippen LogP contribution in [0.5, 0.6) is 5.75 Å². The van der Waals surface area contributed by atoms with E-state index in [1.165, 1.54) is 22.9 Å². The molecule has 1 heterocycles. The molecule has 44 heavy (non-hydrogen) atoms. The van der Waals surface area contributed by atoms with Crippen LogP contribution in [0.25, 0.3) is 0 Å². The molecular weight excluding hydrogens is 606 g/mol. The minimum absolute atomic E-state index is 0.0718. The van der Waals surface area contributed by atoms with Gasteiger partial charge in [-0.1, -0.05) is 64.1 Å². The van der Waals surface area contributed by atoms with Gasteiger partial charge in [0.15, 0.2) is 0 Å². The lowest BCUT2D eigenvalue weighted by atomic mass is 10.00. The molecule has 0 radical (unpaired) electrons. The van der Waals surface area contributed by atoms with Crippen molar-refractivity contribution in [1.82, 2.24) is 21.3 Å². The molecule has 14 heteroatoms. The summed E-state index contributed by atoms with van der Waals surface area (Å²) in [7, 11) is 2.32. The van der Waals surface area contributed by atoms with Gasteiger partial charge in [0.1, 0.15) is 23.9 Å². The van der Waals surface area contributed by atoms with E-state index in [0.717, 1.165) is 16.4 Å². The van der Waals surface area contributed by atoms with E-state index < -0.39 is 69.8 Å². The number of rotatable bonds is 7. The first-order chi connectivity index (χ1) is 20.6. The van der Waals surface area contributed by atoms with Gasteiger partial charge in [-0.25, -0.2) is 4.79 Å². The first-order valence-electron chi connectivity index (χ1n) is 13.9. The highest BCUT2D eigenvalue weighted by molar-refractivity contribution is 8.77. The smallest absolute Gasteiger partial charge is 0.327 e. The van der Waals surface area contributed by atoms with E-state index in [0.29, 0.717) is 5.56 Å². The van der Waals surface area contributed by atoms with Crippen LogP contribution in [0.15, 0.2) is 54.6 Å². The summed E-state index contributed by atoms with van der Waals surface area (Å²) in [4.78, 5) is 65.4. The summed E-state index contributed by atoms with van der Waals surface area (Å²) in [6.07, 6.45) is 0.229. The van der Waals surface area contributed by atoms with Gasteiger partial charge in [-0.2, -0.15) is 0 Å². The van der Waals surface area contributed by atoms with Gasteiger partial charge in [-0.15, -0.1) is 0 Å². The Hall–Kier alpha value is -3.75. The molecular formula is C30H39N5O7S2. The van der Waals surface area contributed by atoms with Gasteiger partial charge in [0.25, 0.3) is 0 Å². The van der Waals surface area contributed by atoms with Crippen LogP contribution in [0.3, 0.4) is 0 Å². The molecule has 0 bridgehead atoms. The summed E-state index contributed by atoms with van der Waals surface area (Å²) in [6, 6.07) is 10.5. The molecule has 1 aliphatic rings. The number of carbonyl (C=O) groups is 5. The summed E-state index contributed by atoms with van der Waals surface area (Å²) < 4.78 is -2.14. The molecule has 2 aromatic carbocycles. The number of phenols is 1. The molecule has 2 aromatic rings. The number of aromatic hydroxyl groups is 1. The zero-order valence-electron chi connectivity index (χ0n) is 25.0. The van der Waals surface area contributed by atoms with Crippen molar-refractivity contribution in [2.45, 2.75) is 74.2 Å². The van der Waals surface area contributed by atoms with E-state index in [2.05, 4.69) is 21.3 Å². The Bertz CT molecular complexity index is 1360. The third kappa shape index (κ3) is 9.63. The molecule has 0 saturated carbocycles. The van der Waals surface area contributed by atoms with Gasteiger partial charge in [-0.05, 0) is 57.4 Å². The van der Waals surface area contributed by atoms with E-state index in [4.69, 9.17) is 5.73 Å². The molecule has 3 rings (SSSR count). The van der Waals surface area contributed by atoms with Gasteiger partial charge in [0, 0.05) is 11.2 Å². The fraction of sp³-hybridized carbons (Fsp3) is 0.433. The van der Waals surface area contributed by atoms with Crippen molar-refractivity contribution < 1.29 is 34.2 Å².